The fourth-order valence-electron chi connectivity index (χ4n) is 1.17. The van der Waals surface area contributed by atoms with E-state index in [2.05, 4.69) is 15.0 Å². The Labute approximate surface area is 88.3 Å². The van der Waals surface area contributed by atoms with Crippen LogP contribution in [-0.4, -0.2) is 21.4 Å². The Kier molecular flexibility index (Phi) is 2.51. The van der Waals surface area contributed by atoms with E-state index in [0.29, 0.717) is 5.69 Å². The van der Waals surface area contributed by atoms with Gasteiger partial charge in [0.25, 0.3) is 0 Å². The van der Waals surface area contributed by atoms with Crippen LogP contribution in [0.5, 0.6) is 5.75 Å². The van der Waals surface area contributed by atoms with Crippen LogP contribution in [0.15, 0.2) is 36.7 Å². The maximum atomic E-state index is 12.0. The van der Waals surface area contributed by atoms with Crippen molar-refractivity contribution < 1.29 is 17.9 Å². The summed E-state index contributed by atoms with van der Waals surface area (Å²) in [4.78, 5) is 0. The van der Waals surface area contributed by atoms with Gasteiger partial charge in [-0.3, -0.25) is 0 Å². The molecule has 0 amide bonds. The minimum Gasteiger partial charge on any atom is -0.406 e. The van der Waals surface area contributed by atoms with E-state index in [1.165, 1.54) is 35.3 Å². The van der Waals surface area contributed by atoms with E-state index in [9.17, 15) is 13.2 Å². The number of alkyl halides is 3. The van der Waals surface area contributed by atoms with E-state index >= 15 is 0 Å². The third-order valence-corrected chi connectivity index (χ3v) is 1.74. The zero-order chi connectivity index (χ0) is 11.6. The maximum absolute atomic E-state index is 12.0. The molecule has 1 heterocycles. The second kappa shape index (κ2) is 3.84. The van der Waals surface area contributed by atoms with E-state index in [4.69, 9.17) is 0 Å². The zero-order valence-corrected chi connectivity index (χ0v) is 7.85. The highest BCUT2D eigenvalue weighted by molar-refractivity contribution is 5.38. The summed E-state index contributed by atoms with van der Waals surface area (Å²) in [5.41, 5.74) is 0.444. The minimum absolute atomic E-state index is 0.291. The van der Waals surface area contributed by atoms with Crippen LogP contribution in [-0.2, 0) is 0 Å². The summed E-state index contributed by atoms with van der Waals surface area (Å²) in [6, 6.07) is 5.48. The number of aromatic nitrogens is 3. The van der Waals surface area contributed by atoms with Crippen molar-refractivity contribution in [1.82, 2.24) is 15.0 Å². The molecule has 84 valence electrons. The highest BCUT2D eigenvalue weighted by atomic mass is 19.4. The van der Waals surface area contributed by atoms with Crippen molar-refractivity contribution >= 4 is 0 Å². The van der Waals surface area contributed by atoms with Crippen molar-refractivity contribution in [3.8, 4) is 11.4 Å². The Morgan fingerprint density at radius 3 is 2.69 bits per heavy atom. The van der Waals surface area contributed by atoms with E-state index < -0.39 is 6.36 Å². The van der Waals surface area contributed by atoms with Gasteiger partial charge in [-0.15, -0.1) is 18.3 Å². The standard InChI is InChI=1S/C9H6F3N3O/c10-9(11,12)16-8-3-1-2-7(6-8)15-5-4-13-14-15/h1-6H. The first-order chi connectivity index (χ1) is 7.54. The van der Waals surface area contributed by atoms with Gasteiger partial charge in [0.05, 0.1) is 18.1 Å². The first kappa shape index (κ1) is 10.5. The topological polar surface area (TPSA) is 39.9 Å². The van der Waals surface area contributed by atoms with E-state index in [-0.39, 0.29) is 5.75 Å². The largest absolute Gasteiger partial charge is 0.573 e. The van der Waals surface area contributed by atoms with E-state index in [1.807, 2.05) is 0 Å². The van der Waals surface area contributed by atoms with Gasteiger partial charge in [-0.25, -0.2) is 4.68 Å². The molecule has 2 rings (SSSR count). The first-order valence-electron chi connectivity index (χ1n) is 4.27. The maximum Gasteiger partial charge on any atom is 0.573 e. The lowest BCUT2D eigenvalue weighted by molar-refractivity contribution is -0.274. The Hall–Kier alpha value is -2.05. The van der Waals surface area contributed by atoms with Crippen molar-refractivity contribution in [2.75, 3.05) is 0 Å². The molecule has 4 nitrogen and oxygen atoms in total. The van der Waals surface area contributed by atoms with Crippen molar-refractivity contribution in [2.24, 2.45) is 0 Å². The highest BCUT2D eigenvalue weighted by Gasteiger charge is 2.31. The molecule has 0 saturated heterocycles. The monoisotopic (exact) mass is 229 g/mol. The molecule has 0 aliphatic carbocycles. The van der Waals surface area contributed by atoms with E-state index in [1.54, 1.807) is 6.07 Å². The molecule has 0 saturated carbocycles. The smallest absolute Gasteiger partial charge is 0.406 e. The molecule has 0 unspecified atom stereocenters. The van der Waals surface area contributed by atoms with Gasteiger partial charge in [-0.1, -0.05) is 11.3 Å². The molecule has 0 bridgehead atoms. The van der Waals surface area contributed by atoms with Crippen molar-refractivity contribution in [2.45, 2.75) is 6.36 Å². The molecular formula is C9H6F3N3O. The highest BCUT2D eigenvalue weighted by Crippen LogP contribution is 2.24. The average molecular weight is 229 g/mol. The van der Waals surface area contributed by atoms with Gasteiger partial charge in [-0.05, 0) is 12.1 Å². The van der Waals surface area contributed by atoms with Gasteiger partial charge in [0.1, 0.15) is 5.75 Å². The molecule has 16 heavy (non-hydrogen) atoms. The van der Waals surface area contributed by atoms with Crippen LogP contribution >= 0.6 is 0 Å². The fraction of sp³-hybridized carbons (Fsp3) is 0.111. The minimum atomic E-state index is -4.69. The van der Waals surface area contributed by atoms with Crippen molar-refractivity contribution in [1.29, 1.82) is 0 Å². The lowest BCUT2D eigenvalue weighted by Gasteiger charge is -2.09. The Morgan fingerprint density at radius 1 is 1.25 bits per heavy atom. The molecule has 0 aliphatic heterocycles. The molecule has 7 heteroatoms. The lowest BCUT2D eigenvalue weighted by atomic mass is 10.3. The van der Waals surface area contributed by atoms with Gasteiger partial charge in [0.2, 0.25) is 0 Å². The molecule has 1 aromatic carbocycles. The van der Waals surface area contributed by atoms with Gasteiger partial charge in [0, 0.05) is 6.07 Å². The van der Waals surface area contributed by atoms with Crippen LogP contribution in [0.4, 0.5) is 13.2 Å². The molecule has 0 atom stereocenters. The summed E-state index contributed by atoms with van der Waals surface area (Å²) in [7, 11) is 0. The molecule has 0 aliphatic rings. The predicted octanol–water partition coefficient (Wildman–Crippen LogP) is 2.17. The van der Waals surface area contributed by atoms with Gasteiger partial charge >= 0.3 is 6.36 Å². The molecule has 0 spiro atoms. The van der Waals surface area contributed by atoms with Crippen LogP contribution < -0.4 is 4.74 Å². The van der Waals surface area contributed by atoms with Crippen LogP contribution in [0.1, 0.15) is 0 Å². The van der Waals surface area contributed by atoms with Gasteiger partial charge in [0.15, 0.2) is 0 Å². The Balaban J connectivity index is 2.27. The van der Waals surface area contributed by atoms with Crippen LogP contribution in [0, 0.1) is 0 Å². The molecule has 0 fully saturated rings. The van der Waals surface area contributed by atoms with Crippen LogP contribution in [0.2, 0.25) is 0 Å². The quantitative estimate of drug-likeness (QED) is 0.792. The van der Waals surface area contributed by atoms with Crippen LogP contribution in [0.3, 0.4) is 0 Å². The van der Waals surface area contributed by atoms with E-state index in [0.717, 1.165) is 0 Å². The predicted molar refractivity (Wildman–Crippen MR) is 48.0 cm³/mol. The molecule has 0 N–H and O–H groups in total. The first-order valence-corrected chi connectivity index (χ1v) is 4.27. The van der Waals surface area contributed by atoms with Crippen molar-refractivity contribution in [3.63, 3.8) is 0 Å². The summed E-state index contributed by atoms with van der Waals surface area (Å²) in [6.45, 7) is 0. The number of benzene rings is 1. The molecule has 1 aromatic heterocycles. The second-order valence-corrected chi connectivity index (χ2v) is 2.89. The summed E-state index contributed by atoms with van der Waals surface area (Å²) in [5.74, 6) is -0.291. The van der Waals surface area contributed by atoms with Crippen LogP contribution in [0.25, 0.3) is 5.69 Å². The summed E-state index contributed by atoms with van der Waals surface area (Å²) in [5, 5.41) is 7.21. The lowest BCUT2D eigenvalue weighted by Crippen LogP contribution is -2.17. The fourth-order valence-corrected chi connectivity index (χ4v) is 1.17. The summed E-state index contributed by atoms with van der Waals surface area (Å²) < 4.78 is 41.0. The molecule has 0 radical (unpaired) electrons. The number of nitrogens with zero attached hydrogens (tertiary/aromatic N) is 3. The Bertz CT molecular complexity index is 467. The van der Waals surface area contributed by atoms with Crippen molar-refractivity contribution in [3.05, 3.63) is 36.7 Å². The average Bonchev–Trinajstić information content (AvgIpc) is 2.68. The molecular weight excluding hydrogens is 223 g/mol. The molecule has 2 aromatic rings. The third kappa shape index (κ3) is 2.50. The number of hydrogen-bond donors (Lipinski definition) is 0. The van der Waals surface area contributed by atoms with Gasteiger partial charge < -0.3 is 4.74 Å². The summed E-state index contributed by atoms with van der Waals surface area (Å²) >= 11 is 0. The number of ether oxygens (including phenoxy) is 1. The second-order valence-electron chi connectivity index (χ2n) is 2.89. The number of rotatable bonds is 2. The summed E-state index contributed by atoms with van der Waals surface area (Å²) in [6.07, 6.45) is -1.75. The van der Waals surface area contributed by atoms with Gasteiger partial charge in [-0.2, -0.15) is 0 Å². The Morgan fingerprint density at radius 2 is 2.06 bits per heavy atom. The number of halogens is 3. The SMILES string of the molecule is FC(F)(F)Oc1cccc(-n2ccnn2)c1. The zero-order valence-electron chi connectivity index (χ0n) is 7.85. The number of hydrogen-bond acceptors (Lipinski definition) is 3. The normalized spacial score (nSPS) is 11.4. The third-order valence-electron chi connectivity index (χ3n) is 1.74.